The molecular weight excluding hydrogens is 154 g/mol. The number of carboxylic acids is 1. The van der Waals surface area contributed by atoms with E-state index in [-0.39, 0.29) is 0 Å². The molecule has 0 aliphatic rings. The average Bonchev–Trinajstić information content (AvgIpc) is 2.10. The predicted molar refractivity (Wildman–Crippen MR) is 49.2 cm³/mol. The van der Waals surface area contributed by atoms with Crippen LogP contribution in [0.15, 0.2) is 0 Å². The molecule has 0 saturated heterocycles. The lowest BCUT2D eigenvalue weighted by Gasteiger charge is -2.07. The normalized spacial score (nSPS) is 13.9. The summed E-state index contributed by atoms with van der Waals surface area (Å²) in [5.74, 6) is -0.800. The Labute approximate surface area is 75.6 Å². The van der Waals surface area contributed by atoms with Crippen molar-refractivity contribution in [1.29, 1.82) is 0 Å². The second kappa shape index (κ2) is 7.10. The van der Waals surface area contributed by atoms with Crippen LogP contribution in [0.4, 0.5) is 0 Å². The fourth-order valence-corrected chi connectivity index (χ4v) is 0.884. The van der Waals surface area contributed by atoms with Crippen molar-refractivity contribution >= 4 is 5.97 Å². The lowest BCUT2D eigenvalue weighted by Crippen LogP contribution is -2.34. The number of carboxylic acid groups (broad SMARTS) is 1. The molecule has 0 unspecified atom stereocenters. The third-order valence-corrected chi connectivity index (χ3v) is 1.75. The van der Waals surface area contributed by atoms with Gasteiger partial charge in [-0.3, -0.25) is 4.79 Å². The summed E-state index contributed by atoms with van der Waals surface area (Å²) in [5.41, 5.74) is 0. The summed E-state index contributed by atoms with van der Waals surface area (Å²) < 4.78 is 6.91. The molecule has 0 amide bonds. The quantitative estimate of drug-likeness (QED) is 0.577. The van der Waals surface area contributed by atoms with E-state index >= 15 is 0 Å². The zero-order valence-corrected chi connectivity index (χ0v) is 7.68. The van der Waals surface area contributed by atoms with Gasteiger partial charge in [0.1, 0.15) is 6.04 Å². The monoisotopic (exact) mass is 174 g/mol. The molecule has 0 aromatic heterocycles. The van der Waals surface area contributed by atoms with E-state index in [0.29, 0.717) is 6.90 Å². The van der Waals surface area contributed by atoms with E-state index in [1.807, 2.05) is 0 Å². The molecule has 0 rings (SSSR count). The number of carbonyl (C=O) groups is 1. The largest absolute Gasteiger partial charge is 0.480 e. The SMILES string of the molecule is [2H]CCCCCCN[C@@H](C)C(=O)O. The fourth-order valence-electron chi connectivity index (χ4n) is 0.884. The van der Waals surface area contributed by atoms with E-state index in [0.717, 1.165) is 32.2 Å². The van der Waals surface area contributed by atoms with E-state index in [2.05, 4.69) is 5.32 Å². The van der Waals surface area contributed by atoms with Gasteiger partial charge in [0.2, 0.25) is 0 Å². The van der Waals surface area contributed by atoms with E-state index in [9.17, 15) is 4.79 Å². The molecule has 1 atom stereocenters. The first-order valence-electron chi connectivity index (χ1n) is 5.14. The van der Waals surface area contributed by atoms with Crippen molar-refractivity contribution < 1.29 is 11.3 Å². The van der Waals surface area contributed by atoms with E-state index < -0.39 is 12.0 Å². The van der Waals surface area contributed by atoms with Crippen LogP contribution in [0.5, 0.6) is 0 Å². The molecule has 0 radical (unpaired) electrons. The first-order chi connectivity index (χ1) is 6.18. The Hall–Kier alpha value is -0.570. The Kier molecular flexibility index (Phi) is 5.63. The number of unbranched alkanes of at least 4 members (excludes halogenated alkanes) is 3. The highest BCUT2D eigenvalue weighted by Crippen LogP contribution is 1.97. The minimum absolute atomic E-state index is 0.448. The highest BCUT2D eigenvalue weighted by molar-refractivity contribution is 5.72. The van der Waals surface area contributed by atoms with Gasteiger partial charge in [-0.1, -0.05) is 26.2 Å². The van der Waals surface area contributed by atoms with E-state index in [4.69, 9.17) is 6.48 Å². The molecule has 0 spiro atoms. The zero-order valence-electron chi connectivity index (χ0n) is 8.68. The molecular formula is C9H19NO2. The van der Waals surface area contributed by atoms with Crippen molar-refractivity contribution in [2.45, 2.75) is 45.5 Å². The number of hydrogen-bond acceptors (Lipinski definition) is 2. The lowest BCUT2D eigenvalue weighted by molar-refractivity contribution is -0.138. The molecule has 0 aliphatic heterocycles. The van der Waals surface area contributed by atoms with Crippen molar-refractivity contribution in [2.75, 3.05) is 6.54 Å². The van der Waals surface area contributed by atoms with Crippen LogP contribution in [0.2, 0.25) is 0 Å². The smallest absolute Gasteiger partial charge is 0.320 e. The van der Waals surface area contributed by atoms with Gasteiger partial charge in [-0.15, -0.1) is 0 Å². The molecule has 0 bridgehead atoms. The number of nitrogens with one attached hydrogen (secondary N) is 1. The predicted octanol–water partition coefficient (Wildman–Crippen LogP) is 1.63. The number of aliphatic carboxylic acids is 1. The van der Waals surface area contributed by atoms with E-state index in [1.54, 1.807) is 6.92 Å². The molecule has 72 valence electrons. The van der Waals surface area contributed by atoms with Gasteiger partial charge < -0.3 is 10.4 Å². The maximum absolute atomic E-state index is 10.4. The highest BCUT2D eigenvalue weighted by Gasteiger charge is 2.07. The van der Waals surface area contributed by atoms with Crippen LogP contribution in [0.25, 0.3) is 0 Å². The molecule has 2 N–H and O–H groups in total. The topological polar surface area (TPSA) is 49.3 Å². The maximum atomic E-state index is 10.4. The maximum Gasteiger partial charge on any atom is 0.320 e. The standard InChI is InChI=1S/C9H19NO2/c1-3-4-5-6-7-10-8(2)9(11)12/h8,10H,3-7H2,1-2H3,(H,11,12)/t8-/m0/s1/i1D. The van der Waals surface area contributed by atoms with Gasteiger partial charge in [0.15, 0.2) is 0 Å². The van der Waals surface area contributed by atoms with Crippen LogP contribution in [-0.2, 0) is 4.79 Å². The third-order valence-electron chi connectivity index (χ3n) is 1.75. The Morgan fingerprint density at radius 3 is 2.92 bits per heavy atom. The molecule has 0 fully saturated rings. The van der Waals surface area contributed by atoms with Crippen molar-refractivity contribution in [1.82, 2.24) is 5.32 Å². The molecule has 0 saturated carbocycles. The van der Waals surface area contributed by atoms with Crippen molar-refractivity contribution in [3.8, 4) is 0 Å². The van der Waals surface area contributed by atoms with Crippen LogP contribution < -0.4 is 5.32 Å². The Balaban J connectivity index is 3.11. The summed E-state index contributed by atoms with van der Waals surface area (Å²) in [6.07, 6.45) is 4.11. The Morgan fingerprint density at radius 2 is 2.33 bits per heavy atom. The highest BCUT2D eigenvalue weighted by atomic mass is 16.4. The summed E-state index contributed by atoms with van der Waals surface area (Å²) in [4.78, 5) is 10.4. The van der Waals surface area contributed by atoms with Crippen molar-refractivity contribution in [2.24, 2.45) is 0 Å². The van der Waals surface area contributed by atoms with Crippen LogP contribution >= 0.6 is 0 Å². The molecule has 0 heterocycles. The van der Waals surface area contributed by atoms with Crippen LogP contribution in [0.1, 0.15) is 40.9 Å². The van der Waals surface area contributed by atoms with Gasteiger partial charge in [0.25, 0.3) is 0 Å². The molecule has 0 aliphatic carbocycles. The lowest BCUT2D eigenvalue weighted by atomic mass is 10.2. The van der Waals surface area contributed by atoms with Gasteiger partial charge in [-0.25, -0.2) is 0 Å². The summed E-state index contributed by atoms with van der Waals surface area (Å²) in [6.45, 7) is 2.90. The van der Waals surface area contributed by atoms with Crippen LogP contribution in [-0.4, -0.2) is 23.7 Å². The van der Waals surface area contributed by atoms with Gasteiger partial charge in [-0.2, -0.15) is 0 Å². The number of hydrogen-bond donors (Lipinski definition) is 2. The van der Waals surface area contributed by atoms with E-state index in [1.165, 1.54) is 0 Å². The average molecular weight is 174 g/mol. The summed E-state index contributed by atoms with van der Waals surface area (Å²) >= 11 is 0. The van der Waals surface area contributed by atoms with Crippen LogP contribution in [0.3, 0.4) is 0 Å². The first-order valence-corrected chi connectivity index (χ1v) is 4.44. The molecule has 3 nitrogen and oxygen atoms in total. The second-order valence-electron chi connectivity index (χ2n) is 2.93. The minimum Gasteiger partial charge on any atom is -0.480 e. The summed E-state index contributed by atoms with van der Waals surface area (Å²) in [5, 5.41) is 11.4. The van der Waals surface area contributed by atoms with Gasteiger partial charge in [0.05, 0.1) is 0 Å². The zero-order chi connectivity index (χ0) is 10.1. The summed E-state index contributed by atoms with van der Waals surface area (Å²) in [6, 6.07) is -0.448. The van der Waals surface area contributed by atoms with Crippen molar-refractivity contribution in [3.63, 3.8) is 0 Å². The molecule has 0 aromatic rings. The minimum atomic E-state index is -0.800. The fraction of sp³-hybridized carbons (Fsp3) is 0.889. The molecule has 3 heteroatoms. The van der Waals surface area contributed by atoms with Crippen molar-refractivity contribution in [3.05, 3.63) is 0 Å². The second-order valence-corrected chi connectivity index (χ2v) is 2.93. The van der Waals surface area contributed by atoms with Gasteiger partial charge in [0, 0.05) is 1.37 Å². The molecule has 0 aromatic carbocycles. The summed E-state index contributed by atoms with van der Waals surface area (Å²) in [7, 11) is 0. The van der Waals surface area contributed by atoms with Crippen LogP contribution in [0, 0.1) is 0 Å². The number of rotatable bonds is 7. The van der Waals surface area contributed by atoms with Gasteiger partial charge in [-0.05, 0) is 19.9 Å². The Morgan fingerprint density at radius 1 is 1.58 bits per heavy atom. The Bertz CT molecular complexity index is 142. The first kappa shape index (κ1) is 9.52. The third kappa shape index (κ3) is 6.16. The van der Waals surface area contributed by atoms with Gasteiger partial charge >= 0.3 is 5.97 Å². The molecule has 12 heavy (non-hydrogen) atoms.